The van der Waals surface area contributed by atoms with Crippen molar-refractivity contribution >= 4 is 23.8 Å². The van der Waals surface area contributed by atoms with E-state index >= 15 is 0 Å². The van der Waals surface area contributed by atoms with Gasteiger partial charge < -0.3 is 5.32 Å². The average Bonchev–Trinajstić information content (AvgIpc) is 2.69. The van der Waals surface area contributed by atoms with Crippen molar-refractivity contribution in [2.75, 3.05) is 0 Å². The molecular formula is C21H16ClN3. The number of rotatable bonds is 3. The highest BCUT2D eigenvalue weighted by atomic mass is 35.5. The second kappa shape index (κ2) is 6.54. The van der Waals surface area contributed by atoms with Crippen molar-refractivity contribution in [1.82, 2.24) is 5.32 Å². The first-order valence-electron chi connectivity index (χ1n) is 8.05. The SMILES string of the molecule is ClC1(c2ccc(-c3ccccc3)cc2)N=CNC(c2ccccc2)=N1. The number of hydrogen-bond donors (Lipinski definition) is 1. The molecule has 0 spiro atoms. The Labute approximate surface area is 151 Å². The van der Waals surface area contributed by atoms with Crippen LogP contribution in [0.5, 0.6) is 0 Å². The number of aliphatic imine (C=N–C) groups is 2. The van der Waals surface area contributed by atoms with Gasteiger partial charge in [0.25, 0.3) is 5.12 Å². The van der Waals surface area contributed by atoms with Crippen molar-refractivity contribution in [3.63, 3.8) is 0 Å². The summed E-state index contributed by atoms with van der Waals surface area (Å²) in [6.07, 6.45) is 1.60. The molecule has 0 saturated heterocycles. The summed E-state index contributed by atoms with van der Waals surface area (Å²) < 4.78 is 0. The van der Waals surface area contributed by atoms with Crippen molar-refractivity contribution < 1.29 is 0 Å². The predicted octanol–water partition coefficient (Wildman–Crippen LogP) is 4.78. The van der Waals surface area contributed by atoms with Crippen LogP contribution in [0.15, 0.2) is 94.9 Å². The normalized spacial score (nSPS) is 19.2. The van der Waals surface area contributed by atoms with Gasteiger partial charge in [0.1, 0.15) is 5.84 Å². The van der Waals surface area contributed by atoms with Crippen LogP contribution in [0.4, 0.5) is 0 Å². The first-order valence-corrected chi connectivity index (χ1v) is 8.43. The summed E-state index contributed by atoms with van der Waals surface area (Å²) in [5, 5.41) is 1.92. The van der Waals surface area contributed by atoms with E-state index in [1.807, 2.05) is 72.8 Å². The summed E-state index contributed by atoms with van der Waals surface area (Å²) in [5.41, 5.74) is 4.11. The Bertz CT molecular complexity index is 918. The van der Waals surface area contributed by atoms with Crippen molar-refractivity contribution in [3.05, 3.63) is 96.1 Å². The molecule has 4 rings (SSSR count). The third-order valence-electron chi connectivity index (χ3n) is 4.10. The lowest BCUT2D eigenvalue weighted by Crippen LogP contribution is -2.32. The minimum absolute atomic E-state index is 0.706. The summed E-state index contributed by atoms with van der Waals surface area (Å²) in [4.78, 5) is 8.98. The Hall–Kier alpha value is -2.91. The van der Waals surface area contributed by atoms with Gasteiger partial charge in [0.15, 0.2) is 0 Å². The van der Waals surface area contributed by atoms with Crippen LogP contribution in [0.2, 0.25) is 0 Å². The number of halogens is 1. The Morgan fingerprint density at radius 3 is 1.88 bits per heavy atom. The van der Waals surface area contributed by atoms with Gasteiger partial charge >= 0.3 is 0 Å². The zero-order valence-corrected chi connectivity index (χ0v) is 14.2. The van der Waals surface area contributed by atoms with Gasteiger partial charge in [-0.2, -0.15) is 0 Å². The summed E-state index contributed by atoms with van der Waals surface area (Å²) in [6, 6.07) is 28.2. The molecule has 0 fully saturated rings. The fourth-order valence-electron chi connectivity index (χ4n) is 2.78. The first-order chi connectivity index (χ1) is 12.2. The molecule has 1 N–H and O–H groups in total. The van der Waals surface area contributed by atoms with E-state index in [4.69, 9.17) is 11.6 Å². The Morgan fingerprint density at radius 2 is 1.24 bits per heavy atom. The number of benzene rings is 3. The van der Waals surface area contributed by atoms with Crippen LogP contribution in [0.3, 0.4) is 0 Å². The van der Waals surface area contributed by atoms with E-state index in [0.29, 0.717) is 5.84 Å². The first kappa shape index (κ1) is 15.6. The smallest absolute Gasteiger partial charge is 0.255 e. The molecule has 0 aromatic heterocycles. The zero-order chi connectivity index (χ0) is 17.1. The molecule has 0 bridgehead atoms. The highest BCUT2D eigenvalue weighted by Gasteiger charge is 2.30. The van der Waals surface area contributed by atoms with E-state index in [-0.39, 0.29) is 0 Å². The quantitative estimate of drug-likeness (QED) is 0.538. The van der Waals surface area contributed by atoms with Crippen molar-refractivity contribution in [2.24, 2.45) is 9.98 Å². The summed E-state index contributed by atoms with van der Waals surface area (Å²) in [5.74, 6) is 0.706. The lowest BCUT2D eigenvalue weighted by Gasteiger charge is -2.24. The van der Waals surface area contributed by atoms with Gasteiger partial charge in [0.2, 0.25) is 0 Å². The van der Waals surface area contributed by atoms with E-state index in [9.17, 15) is 0 Å². The maximum absolute atomic E-state index is 6.72. The maximum atomic E-state index is 6.72. The van der Waals surface area contributed by atoms with Crippen LogP contribution >= 0.6 is 11.6 Å². The number of amidine groups is 1. The molecule has 3 aromatic rings. The van der Waals surface area contributed by atoms with Crippen molar-refractivity contribution in [1.29, 1.82) is 0 Å². The van der Waals surface area contributed by atoms with Gasteiger partial charge in [0, 0.05) is 11.1 Å². The van der Waals surface area contributed by atoms with Crippen LogP contribution < -0.4 is 5.32 Å². The van der Waals surface area contributed by atoms with Gasteiger partial charge in [-0.1, -0.05) is 96.5 Å². The molecule has 0 radical (unpaired) electrons. The largest absolute Gasteiger partial charge is 0.331 e. The summed E-state index contributed by atoms with van der Waals surface area (Å²) in [6.45, 7) is 0. The molecule has 122 valence electrons. The molecule has 1 atom stereocenters. The molecule has 3 aromatic carbocycles. The predicted molar refractivity (Wildman–Crippen MR) is 104 cm³/mol. The topological polar surface area (TPSA) is 36.8 Å². The lowest BCUT2D eigenvalue weighted by atomic mass is 10.0. The molecule has 0 saturated carbocycles. The second-order valence-corrected chi connectivity index (χ2v) is 6.29. The third-order valence-corrected chi connectivity index (χ3v) is 4.50. The molecule has 0 aliphatic carbocycles. The Kier molecular flexibility index (Phi) is 4.08. The summed E-state index contributed by atoms with van der Waals surface area (Å²) in [7, 11) is 0. The van der Waals surface area contributed by atoms with Crippen LogP contribution in [-0.2, 0) is 5.12 Å². The molecule has 25 heavy (non-hydrogen) atoms. The number of alkyl halides is 1. The molecule has 3 nitrogen and oxygen atoms in total. The standard InChI is InChI=1S/C21H16ClN3/c22-21(24-15-23-20(25-21)18-9-5-2-6-10-18)19-13-11-17(12-14-19)16-7-3-1-4-8-16/h1-15H,(H,23,24,25). The molecule has 0 amide bonds. The average molecular weight is 346 g/mol. The molecular weight excluding hydrogens is 330 g/mol. The fourth-order valence-corrected chi connectivity index (χ4v) is 3.04. The molecule has 1 aliphatic rings. The van der Waals surface area contributed by atoms with E-state index in [1.54, 1.807) is 6.34 Å². The highest BCUT2D eigenvalue weighted by molar-refractivity contribution is 6.26. The number of nitrogens with zero attached hydrogens (tertiary/aromatic N) is 2. The molecule has 1 unspecified atom stereocenters. The number of nitrogens with one attached hydrogen (secondary N) is 1. The van der Waals surface area contributed by atoms with Crippen molar-refractivity contribution in [3.8, 4) is 11.1 Å². The Morgan fingerprint density at radius 1 is 0.680 bits per heavy atom. The van der Waals surface area contributed by atoms with E-state index in [0.717, 1.165) is 16.7 Å². The van der Waals surface area contributed by atoms with Crippen LogP contribution in [-0.4, -0.2) is 12.2 Å². The zero-order valence-electron chi connectivity index (χ0n) is 13.4. The van der Waals surface area contributed by atoms with Gasteiger partial charge in [-0.05, 0) is 11.1 Å². The third kappa shape index (κ3) is 3.19. The van der Waals surface area contributed by atoms with Gasteiger partial charge in [0.05, 0.1) is 6.34 Å². The van der Waals surface area contributed by atoms with E-state index in [2.05, 4.69) is 27.4 Å². The fraction of sp³-hybridized carbons (Fsp3) is 0.0476. The minimum atomic E-state index is -1.15. The van der Waals surface area contributed by atoms with Crippen LogP contribution in [0.25, 0.3) is 11.1 Å². The Balaban J connectivity index is 1.67. The van der Waals surface area contributed by atoms with Crippen LogP contribution in [0, 0.1) is 0 Å². The molecule has 4 heteroatoms. The highest BCUT2D eigenvalue weighted by Crippen LogP contribution is 2.35. The second-order valence-electron chi connectivity index (χ2n) is 5.76. The molecule has 1 aliphatic heterocycles. The molecule has 1 heterocycles. The monoisotopic (exact) mass is 345 g/mol. The van der Waals surface area contributed by atoms with Gasteiger partial charge in [-0.25, -0.2) is 9.98 Å². The summed E-state index contributed by atoms with van der Waals surface area (Å²) >= 11 is 6.72. The lowest BCUT2D eigenvalue weighted by molar-refractivity contribution is 0.674. The number of hydrogen-bond acceptors (Lipinski definition) is 3. The van der Waals surface area contributed by atoms with Crippen LogP contribution in [0.1, 0.15) is 11.1 Å². The minimum Gasteiger partial charge on any atom is -0.331 e. The maximum Gasteiger partial charge on any atom is 0.255 e. The van der Waals surface area contributed by atoms with Crippen molar-refractivity contribution in [2.45, 2.75) is 5.12 Å². The van der Waals surface area contributed by atoms with E-state index in [1.165, 1.54) is 5.56 Å². The van der Waals surface area contributed by atoms with E-state index < -0.39 is 5.12 Å². The van der Waals surface area contributed by atoms with Gasteiger partial charge in [-0.3, -0.25) is 0 Å². The van der Waals surface area contributed by atoms with Gasteiger partial charge in [-0.15, -0.1) is 0 Å².